The summed E-state index contributed by atoms with van der Waals surface area (Å²) in [6.07, 6.45) is -0.170. The number of nitrogens with zero attached hydrogens (tertiary/aromatic N) is 6. The van der Waals surface area contributed by atoms with Crippen LogP contribution in [-0.4, -0.2) is 52.7 Å². The van der Waals surface area contributed by atoms with Gasteiger partial charge in [0.2, 0.25) is 10.9 Å². The van der Waals surface area contributed by atoms with Crippen LogP contribution in [0.3, 0.4) is 0 Å². The van der Waals surface area contributed by atoms with E-state index in [0.717, 1.165) is 10.4 Å². The summed E-state index contributed by atoms with van der Waals surface area (Å²) in [7, 11) is 3.77. The molecule has 0 saturated carbocycles. The molecule has 0 bridgehead atoms. The van der Waals surface area contributed by atoms with E-state index >= 15 is 0 Å². The van der Waals surface area contributed by atoms with Gasteiger partial charge in [-0.15, -0.1) is 0 Å². The Bertz CT molecular complexity index is 1470. The molecule has 7 nitrogen and oxygen atoms in total. The largest absolute Gasteiger partial charge is 0.435 e. The number of hydrogen-bond donors (Lipinski definition) is 0. The van der Waals surface area contributed by atoms with E-state index in [1.165, 1.54) is 34.4 Å². The van der Waals surface area contributed by atoms with Gasteiger partial charge < -0.3 is 9.80 Å². The zero-order valence-electron chi connectivity index (χ0n) is 21.1. The monoisotopic (exact) mass is 538 g/mol. The first kappa shape index (κ1) is 27.1. The number of likely N-dealkylation sites (N-methyl/N-ethyl adjacent to an activating group) is 1. The number of hydrogen-bond acceptors (Lipinski definition) is 5. The van der Waals surface area contributed by atoms with Crippen molar-refractivity contribution in [2.75, 3.05) is 27.2 Å². The molecule has 4 rings (SSSR count). The minimum absolute atomic E-state index is 0.0835. The average molecular weight is 539 g/mol. The van der Waals surface area contributed by atoms with E-state index in [2.05, 4.69) is 9.94 Å². The van der Waals surface area contributed by atoms with Crippen molar-refractivity contribution in [3.8, 4) is 17.2 Å². The summed E-state index contributed by atoms with van der Waals surface area (Å²) in [5.74, 6) is -0.765. The molecule has 38 heavy (non-hydrogen) atoms. The molecule has 0 fully saturated rings. The first-order chi connectivity index (χ1) is 18.1. The summed E-state index contributed by atoms with van der Waals surface area (Å²) < 4.78 is 43.4. The highest BCUT2D eigenvalue weighted by Gasteiger charge is 2.40. The van der Waals surface area contributed by atoms with Crippen molar-refractivity contribution in [2.45, 2.75) is 32.1 Å². The van der Waals surface area contributed by atoms with Gasteiger partial charge in [-0.3, -0.25) is 9.48 Å². The summed E-state index contributed by atoms with van der Waals surface area (Å²) in [4.78, 5) is 21.0. The Labute approximate surface area is 222 Å². The number of amides is 1. The second kappa shape index (κ2) is 10.8. The van der Waals surface area contributed by atoms with E-state index in [-0.39, 0.29) is 35.7 Å². The Kier molecular flexibility index (Phi) is 7.72. The minimum atomic E-state index is -4.73. The fourth-order valence-electron chi connectivity index (χ4n) is 4.59. The van der Waals surface area contributed by atoms with Crippen LogP contribution in [0, 0.1) is 17.9 Å². The highest BCUT2D eigenvalue weighted by Crippen LogP contribution is 2.46. The first-order valence-corrected chi connectivity index (χ1v) is 12.7. The number of carbonyl (C=O) groups excluding carboxylic acids is 1. The van der Waals surface area contributed by atoms with Gasteiger partial charge >= 0.3 is 6.18 Å². The second-order valence-corrected chi connectivity index (χ2v) is 10.3. The van der Waals surface area contributed by atoms with Crippen molar-refractivity contribution in [1.29, 1.82) is 5.26 Å². The lowest BCUT2D eigenvalue weighted by Gasteiger charge is -2.34. The average Bonchev–Trinajstić information content (AvgIpc) is 3.51. The quantitative estimate of drug-likeness (QED) is 0.300. The highest BCUT2D eigenvalue weighted by atomic mass is 32.1. The van der Waals surface area contributed by atoms with Crippen LogP contribution >= 0.6 is 11.3 Å². The number of rotatable bonds is 6. The summed E-state index contributed by atoms with van der Waals surface area (Å²) in [5.41, 5.74) is 0.255. The number of benzene rings is 1. The third-order valence-electron chi connectivity index (χ3n) is 6.31. The van der Waals surface area contributed by atoms with E-state index in [1.54, 1.807) is 36.1 Å². The number of halogens is 3. The summed E-state index contributed by atoms with van der Waals surface area (Å²) in [6, 6.07) is 8.60. The molecule has 2 aromatic heterocycles. The predicted octanol–water partition coefficient (Wildman–Crippen LogP) is 5.66. The Morgan fingerprint density at radius 3 is 2.76 bits per heavy atom. The molecule has 1 amide bonds. The fraction of sp³-hybridized carbons (Fsp3) is 0.333. The SMILES string of the molecule is [C-]#[N+]c1cc2c(s1)CN(C(=O)/C=C/CN(C)C)CC2c1cccc(C#N)c1-c1cn(CC)nc1C(F)(F)F. The zero-order chi connectivity index (χ0) is 27.6. The smallest absolute Gasteiger partial charge is 0.333 e. The van der Waals surface area contributed by atoms with Crippen LogP contribution in [-0.2, 0) is 24.1 Å². The Morgan fingerprint density at radius 2 is 2.13 bits per heavy atom. The molecule has 3 aromatic rings. The van der Waals surface area contributed by atoms with Gasteiger partial charge in [0.15, 0.2) is 5.69 Å². The van der Waals surface area contributed by atoms with Gasteiger partial charge in [0.1, 0.15) is 0 Å². The van der Waals surface area contributed by atoms with E-state index < -0.39 is 17.8 Å². The van der Waals surface area contributed by atoms with Gasteiger partial charge in [0.05, 0.1) is 24.7 Å². The number of thiophene rings is 1. The topological polar surface area (TPSA) is 69.5 Å². The van der Waals surface area contributed by atoms with E-state index in [9.17, 15) is 23.2 Å². The van der Waals surface area contributed by atoms with Crippen molar-refractivity contribution >= 4 is 22.2 Å². The van der Waals surface area contributed by atoms with Crippen LogP contribution in [0.15, 0.2) is 42.6 Å². The van der Waals surface area contributed by atoms with Crippen molar-refractivity contribution in [1.82, 2.24) is 19.6 Å². The van der Waals surface area contributed by atoms with Gasteiger partial charge in [-0.05, 0) is 44.3 Å². The lowest BCUT2D eigenvalue weighted by Crippen LogP contribution is -2.37. The predicted molar refractivity (Wildman–Crippen MR) is 139 cm³/mol. The van der Waals surface area contributed by atoms with Crippen molar-refractivity contribution < 1.29 is 18.0 Å². The number of aryl methyl sites for hydroxylation is 1. The molecule has 0 aliphatic carbocycles. The van der Waals surface area contributed by atoms with Gasteiger partial charge in [-0.2, -0.15) is 34.9 Å². The minimum Gasteiger partial charge on any atom is -0.333 e. The van der Waals surface area contributed by atoms with Crippen molar-refractivity contribution in [3.63, 3.8) is 0 Å². The Balaban J connectivity index is 1.89. The molecule has 0 N–H and O–H groups in total. The molecule has 0 spiro atoms. The van der Waals surface area contributed by atoms with Crippen LogP contribution in [0.4, 0.5) is 18.2 Å². The molecule has 11 heteroatoms. The molecule has 1 atom stereocenters. The maximum atomic E-state index is 14.1. The van der Waals surface area contributed by atoms with Gasteiger partial charge in [0.25, 0.3) is 0 Å². The van der Waals surface area contributed by atoms with E-state index in [0.29, 0.717) is 23.7 Å². The standard InChI is InChI=1S/C27H25F3N6OS/c1-5-36-15-21(26(33-36)27(28,29)30)25-17(13-31)8-6-9-18(25)20-14-35(24(37)10-7-11-34(3)4)16-22-19(20)12-23(32-2)38-22/h6-10,12,15,20H,5,11,14,16H2,1,3-4H3/b10-7+. The number of nitriles is 1. The van der Waals surface area contributed by atoms with Gasteiger partial charge in [-0.25, -0.2) is 4.85 Å². The lowest BCUT2D eigenvalue weighted by molar-refractivity contribution is -0.141. The maximum Gasteiger partial charge on any atom is 0.435 e. The van der Waals surface area contributed by atoms with Gasteiger partial charge in [0, 0.05) is 53.8 Å². The Morgan fingerprint density at radius 1 is 1.37 bits per heavy atom. The third kappa shape index (κ3) is 5.35. The third-order valence-corrected chi connectivity index (χ3v) is 7.34. The summed E-state index contributed by atoms with van der Waals surface area (Å²) >= 11 is 1.27. The van der Waals surface area contributed by atoms with Crippen LogP contribution in [0.2, 0.25) is 0 Å². The molecule has 0 saturated heterocycles. The molecule has 1 unspecified atom stereocenters. The van der Waals surface area contributed by atoms with E-state index in [4.69, 9.17) is 6.57 Å². The maximum absolute atomic E-state index is 14.1. The molecule has 3 heterocycles. The van der Waals surface area contributed by atoms with Crippen LogP contribution < -0.4 is 0 Å². The normalized spacial score (nSPS) is 15.5. The molecule has 0 radical (unpaired) electrons. The molecular formula is C27H25F3N6OS. The molecule has 1 aromatic carbocycles. The fourth-order valence-corrected chi connectivity index (χ4v) is 5.62. The molecular weight excluding hydrogens is 513 g/mol. The first-order valence-electron chi connectivity index (χ1n) is 11.9. The summed E-state index contributed by atoms with van der Waals surface area (Å²) in [5, 5.41) is 14.1. The van der Waals surface area contributed by atoms with Crippen LogP contribution in [0.5, 0.6) is 0 Å². The van der Waals surface area contributed by atoms with Gasteiger partial charge in [-0.1, -0.05) is 18.2 Å². The molecule has 196 valence electrons. The van der Waals surface area contributed by atoms with Crippen LogP contribution in [0.25, 0.3) is 16.0 Å². The lowest BCUT2D eigenvalue weighted by atomic mass is 9.82. The number of alkyl halides is 3. The number of fused-ring (bicyclic) bond motifs is 1. The Hall–Kier alpha value is -3.93. The zero-order valence-corrected chi connectivity index (χ0v) is 21.9. The van der Waals surface area contributed by atoms with E-state index in [1.807, 2.05) is 25.1 Å². The molecule has 1 aliphatic heterocycles. The highest BCUT2D eigenvalue weighted by molar-refractivity contribution is 7.16. The number of carbonyl (C=O) groups is 1. The number of aromatic nitrogens is 2. The van der Waals surface area contributed by atoms with Crippen LogP contribution in [0.1, 0.15) is 40.1 Å². The second-order valence-electron chi connectivity index (χ2n) is 9.14. The van der Waals surface area contributed by atoms with Crippen molar-refractivity contribution in [2.24, 2.45) is 0 Å². The molecule has 1 aliphatic rings. The van der Waals surface area contributed by atoms with Crippen molar-refractivity contribution in [3.05, 3.63) is 81.3 Å². The summed E-state index contributed by atoms with van der Waals surface area (Å²) in [6.45, 7) is 10.5.